The summed E-state index contributed by atoms with van der Waals surface area (Å²) in [5.74, 6) is -0.633. The number of ether oxygens (including phenoxy) is 1. The van der Waals surface area contributed by atoms with Crippen LogP contribution >= 0.6 is 0 Å². The van der Waals surface area contributed by atoms with Crippen LogP contribution < -0.4 is 5.73 Å². The van der Waals surface area contributed by atoms with Gasteiger partial charge >= 0.3 is 12.1 Å². The number of halogens is 3. The van der Waals surface area contributed by atoms with Crippen LogP contribution in [0, 0.1) is 0 Å². The molecule has 84 valence electrons. The van der Waals surface area contributed by atoms with Crippen molar-refractivity contribution in [3.8, 4) is 0 Å². The van der Waals surface area contributed by atoms with Crippen LogP contribution in [0.3, 0.4) is 0 Å². The Hall–Kier alpha value is -0.780. The van der Waals surface area contributed by atoms with Gasteiger partial charge in [-0.2, -0.15) is 13.2 Å². The Labute approximate surface area is 80.4 Å². The Morgan fingerprint density at radius 2 is 2.07 bits per heavy atom. The van der Waals surface area contributed by atoms with E-state index in [1.54, 1.807) is 6.92 Å². The van der Waals surface area contributed by atoms with Crippen LogP contribution in [0.4, 0.5) is 13.2 Å². The Bertz CT molecular complexity index is 182. The zero-order valence-corrected chi connectivity index (χ0v) is 7.93. The van der Waals surface area contributed by atoms with E-state index in [-0.39, 0.29) is 13.0 Å². The van der Waals surface area contributed by atoms with Crippen molar-refractivity contribution in [2.45, 2.75) is 38.4 Å². The highest BCUT2D eigenvalue weighted by Crippen LogP contribution is 2.21. The summed E-state index contributed by atoms with van der Waals surface area (Å²) in [7, 11) is 0. The predicted octanol–water partition coefficient (Wildman–Crippen LogP) is 1.61. The molecule has 0 amide bonds. The zero-order chi connectivity index (χ0) is 11.2. The lowest BCUT2D eigenvalue weighted by Crippen LogP contribution is -2.37. The quantitative estimate of drug-likeness (QED) is 0.706. The zero-order valence-electron chi connectivity index (χ0n) is 7.93. The lowest BCUT2D eigenvalue weighted by Gasteiger charge is -2.14. The fourth-order valence-electron chi connectivity index (χ4n) is 0.725. The highest BCUT2D eigenvalue weighted by Gasteiger charge is 2.36. The van der Waals surface area contributed by atoms with Crippen LogP contribution in [-0.2, 0) is 9.53 Å². The van der Waals surface area contributed by atoms with Crippen molar-refractivity contribution in [1.82, 2.24) is 0 Å². The standard InChI is InChI=1S/C8H14F3NO2/c1-2-5-14-7(13)4-3-6(12)8(9,10)11/h6H,2-5,12H2,1H3/t6-/m1/s1. The van der Waals surface area contributed by atoms with Crippen LogP contribution in [0.2, 0.25) is 0 Å². The van der Waals surface area contributed by atoms with Gasteiger partial charge in [0.05, 0.1) is 6.61 Å². The molecule has 0 aliphatic rings. The van der Waals surface area contributed by atoms with Crippen molar-refractivity contribution < 1.29 is 22.7 Å². The van der Waals surface area contributed by atoms with Crippen molar-refractivity contribution in [2.24, 2.45) is 5.73 Å². The summed E-state index contributed by atoms with van der Waals surface area (Å²) in [5.41, 5.74) is 4.79. The van der Waals surface area contributed by atoms with E-state index in [1.165, 1.54) is 0 Å². The van der Waals surface area contributed by atoms with Crippen molar-refractivity contribution in [1.29, 1.82) is 0 Å². The second kappa shape index (κ2) is 5.85. The summed E-state index contributed by atoms with van der Waals surface area (Å²) in [6, 6.07) is -1.95. The molecule has 0 radical (unpaired) electrons. The monoisotopic (exact) mass is 213 g/mol. The molecule has 1 atom stereocenters. The second-order valence-electron chi connectivity index (χ2n) is 2.91. The molecule has 0 unspecified atom stereocenters. The van der Waals surface area contributed by atoms with Gasteiger partial charge in [-0.3, -0.25) is 4.79 Å². The first-order valence-electron chi connectivity index (χ1n) is 4.35. The summed E-state index contributed by atoms with van der Waals surface area (Å²) in [4.78, 5) is 10.8. The average molecular weight is 213 g/mol. The van der Waals surface area contributed by atoms with E-state index in [9.17, 15) is 18.0 Å². The molecule has 0 saturated heterocycles. The third kappa shape index (κ3) is 5.80. The fourth-order valence-corrected chi connectivity index (χ4v) is 0.725. The smallest absolute Gasteiger partial charge is 0.403 e. The van der Waals surface area contributed by atoms with Crippen LogP contribution in [-0.4, -0.2) is 24.8 Å². The Balaban J connectivity index is 3.67. The van der Waals surface area contributed by atoms with E-state index < -0.39 is 24.6 Å². The molecule has 0 heterocycles. The van der Waals surface area contributed by atoms with Crippen molar-refractivity contribution in [2.75, 3.05) is 6.61 Å². The lowest BCUT2D eigenvalue weighted by molar-refractivity contribution is -0.154. The molecule has 6 heteroatoms. The number of esters is 1. The third-order valence-corrected chi connectivity index (χ3v) is 1.55. The molecule has 0 aliphatic heterocycles. The SMILES string of the molecule is CCCOC(=O)CC[C@@H](N)C(F)(F)F. The normalized spacial score (nSPS) is 13.8. The van der Waals surface area contributed by atoms with Gasteiger partial charge in [0.25, 0.3) is 0 Å². The Kier molecular flexibility index (Phi) is 5.52. The molecular formula is C8H14F3NO2. The van der Waals surface area contributed by atoms with Gasteiger partial charge in [-0.1, -0.05) is 6.92 Å². The molecule has 0 saturated carbocycles. The summed E-state index contributed by atoms with van der Waals surface area (Å²) in [6.07, 6.45) is -4.51. The van der Waals surface area contributed by atoms with Gasteiger partial charge in [-0.25, -0.2) is 0 Å². The number of alkyl halides is 3. The number of carbonyl (C=O) groups excluding carboxylic acids is 1. The minimum atomic E-state index is -4.44. The van der Waals surface area contributed by atoms with Gasteiger partial charge in [-0.05, 0) is 12.8 Å². The van der Waals surface area contributed by atoms with Crippen molar-refractivity contribution >= 4 is 5.97 Å². The fraction of sp³-hybridized carbons (Fsp3) is 0.875. The highest BCUT2D eigenvalue weighted by atomic mass is 19.4. The molecule has 0 spiro atoms. The number of carbonyl (C=O) groups is 1. The highest BCUT2D eigenvalue weighted by molar-refractivity contribution is 5.69. The number of hydrogen-bond acceptors (Lipinski definition) is 3. The number of rotatable bonds is 5. The van der Waals surface area contributed by atoms with Crippen molar-refractivity contribution in [3.05, 3.63) is 0 Å². The minimum Gasteiger partial charge on any atom is -0.466 e. The average Bonchev–Trinajstić information content (AvgIpc) is 2.09. The maximum Gasteiger partial charge on any atom is 0.403 e. The van der Waals surface area contributed by atoms with E-state index in [4.69, 9.17) is 5.73 Å². The number of nitrogens with two attached hydrogens (primary N) is 1. The van der Waals surface area contributed by atoms with Gasteiger partial charge in [0.15, 0.2) is 0 Å². The van der Waals surface area contributed by atoms with E-state index in [1.807, 2.05) is 0 Å². The third-order valence-electron chi connectivity index (χ3n) is 1.55. The van der Waals surface area contributed by atoms with Gasteiger partial charge in [-0.15, -0.1) is 0 Å². The van der Waals surface area contributed by atoms with Crippen LogP contribution in [0.5, 0.6) is 0 Å². The van der Waals surface area contributed by atoms with Crippen molar-refractivity contribution in [3.63, 3.8) is 0 Å². The predicted molar refractivity (Wildman–Crippen MR) is 44.5 cm³/mol. The van der Waals surface area contributed by atoms with E-state index >= 15 is 0 Å². The summed E-state index contributed by atoms with van der Waals surface area (Å²) in [6.45, 7) is 2.04. The van der Waals surface area contributed by atoms with Gasteiger partial charge in [0, 0.05) is 6.42 Å². The molecule has 0 rings (SSSR count). The Morgan fingerprint density at radius 1 is 1.50 bits per heavy atom. The molecule has 0 aliphatic carbocycles. The van der Waals surface area contributed by atoms with E-state index in [0.717, 1.165) is 0 Å². The maximum absolute atomic E-state index is 11.9. The molecule has 2 N–H and O–H groups in total. The van der Waals surface area contributed by atoms with Gasteiger partial charge in [0.2, 0.25) is 0 Å². The molecule has 0 aromatic heterocycles. The summed E-state index contributed by atoms with van der Waals surface area (Å²) in [5, 5.41) is 0. The molecular weight excluding hydrogens is 199 g/mol. The maximum atomic E-state index is 11.9. The van der Waals surface area contributed by atoms with E-state index in [0.29, 0.717) is 6.42 Å². The van der Waals surface area contributed by atoms with Gasteiger partial charge < -0.3 is 10.5 Å². The largest absolute Gasteiger partial charge is 0.466 e. The summed E-state index contributed by atoms with van der Waals surface area (Å²) >= 11 is 0. The second-order valence-corrected chi connectivity index (χ2v) is 2.91. The van der Waals surface area contributed by atoms with Gasteiger partial charge in [0.1, 0.15) is 6.04 Å². The molecule has 14 heavy (non-hydrogen) atoms. The first-order valence-corrected chi connectivity index (χ1v) is 4.35. The molecule has 0 bridgehead atoms. The van der Waals surface area contributed by atoms with Crippen LogP contribution in [0.1, 0.15) is 26.2 Å². The van der Waals surface area contributed by atoms with Crippen LogP contribution in [0.25, 0.3) is 0 Å². The van der Waals surface area contributed by atoms with Crippen LogP contribution in [0.15, 0.2) is 0 Å². The molecule has 0 fully saturated rings. The molecule has 0 aromatic rings. The summed E-state index contributed by atoms with van der Waals surface area (Å²) < 4.78 is 40.2. The minimum absolute atomic E-state index is 0.236. The molecule has 0 aromatic carbocycles. The van der Waals surface area contributed by atoms with E-state index in [2.05, 4.69) is 4.74 Å². The first-order chi connectivity index (χ1) is 6.38. The number of hydrogen-bond donors (Lipinski definition) is 1. The first kappa shape index (κ1) is 13.2. The molecule has 3 nitrogen and oxygen atoms in total. The Morgan fingerprint density at radius 3 is 2.50 bits per heavy atom. The lowest BCUT2D eigenvalue weighted by atomic mass is 10.1. The topological polar surface area (TPSA) is 52.3 Å².